The first-order chi connectivity index (χ1) is 6.56. The van der Waals surface area contributed by atoms with Gasteiger partial charge in [0.25, 0.3) is 0 Å². The minimum Gasteiger partial charge on any atom is -0.480 e. The fourth-order valence-electron chi connectivity index (χ4n) is 1.14. The predicted molar refractivity (Wildman–Crippen MR) is 56.1 cm³/mol. The third-order valence-electron chi connectivity index (χ3n) is 1.75. The van der Waals surface area contributed by atoms with Crippen LogP contribution in [0, 0.1) is 12.3 Å². The first-order valence-electron chi connectivity index (χ1n) is 4.58. The highest BCUT2D eigenvalue weighted by Gasteiger charge is 2.07. The molecule has 0 spiro atoms. The molecule has 0 bridgehead atoms. The van der Waals surface area contributed by atoms with E-state index in [4.69, 9.17) is 11.5 Å². The molecule has 0 atom stereocenters. The number of carboxylic acids is 1. The van der Waals surface area contributed by atoms with Gasteiger partial charge in [0.2, 0.25) is 0 Å². The van der Waals surface area contributed by atoms with Crippen molar-refractivity contribution < 1.29 is 9.90 Å². The Kier molecular flexibility index (Phi) is 6.81. The van der Waals surface area contributed by atoms with Crippen LogP contribution in [-0.2, 0) is 4.79 Å². The van der Waals surface area contributed by atoms with Crippen molar-refractivity contribution in [3.05, 3.63) is 0 Å². The summed E-state index contributed by atoms with van der Waals surface area (Å²) in [6, 6.07) is 0. The maximum absolute atomic E-state index is 10.5. The average molecular weight is 198 g/mol. The summed E-state index contributed by atoms with van der Waals surface area (Å²) in [6.45, 7) is 2.10. The van der Waals surface area contributed by atoms with E-state index in [-0.39, 0.29) is 6.54 Å². The molecule has 14 heavy (non-hydrogen) atoms. The monoisotopic (exact) mass is 198 g/mol. The summed E-state index contributed by atoms with van der Waals surface area (Å²) in [7, 11) is 3.98. The van der Waals surface area contributed by atoms with Gasteiger partial charge in [-0.15, -0.1) is 6.42 Å². The van der Waals surface area contributed by atoms with E-state index in [1.807, 2.05) is 14.1 Å². The topological polar surface area (TPSA) is 43.8 Å². The maximum atomic E-state index is 10.5. The average Bonchev–Trinajstić information content (AvgIpc) is 2.02. The summed E-state index contributed by atoms with van der Waals surface area (Å²) in [5.74, 6) is 1.63. The molecule has 0 unspecified atom stereocenters. The number of nitrogens with zero attached hydrogens (tertiary/aromatic N) is 2. The quantitative estimate of drug-likeness (QED) is 0.583. The Hall–Kier alpha value is -1.05. The minimum absolute atomic E-state index is 0.0254. The Morgan fingerprint density at radius 1 is 1.43 bits per heavy atom. The molecule has 0 rings (SSSR count). The molecule has 0 aliphatic heterocycles. The molecular weight excluding hydrogens is 180 g/mol. The summed E-state index contributed by atoms with van der Waals surface area (Å²) in [6.07, 6.45) is 6.07. The fourth-order valence-corrected chi connectivity index (χ4v) is 1.14. The second-order valence-electron chi connectivity index (χ2n) is 3.47. The number of hydrogen-bond donors (Lipinski definition) is 1. The molecule has 4 heteroatoms. The summed E-state index contributed by atoms with van der Waals surface area (Å²) < 4.78 is 0. The molecule has 0 aliphatic carbocycles. The zero-order valence-electron chi connectivity index (χ0n) is 8.86. The van der Waals surface area contributed by atoms with Gasteiger partial charge >= 0.3 is 5.97 Å². The van der Waals surface area contributed by atoms with E-state index in [1.54, 1.807) is 4.90 Å². The molecule has 0 aromatic heterocycles. The normalized spacial score (nSPS) is 10.5. The van der Waals surface area contributed by atoms with Crippen LogP contribution in [0.3, 0.4) is 0 Å². The number of rotatable bonds is 7. The second-order valence-corrected chi connectivity index (χ2v) is 3.47. The third kappa shape index (κ3) is 7.59. The fraction of sp³-hybridized carbons (Fsp3) is 0.700. The lowest BCUT2D eigenvalue weighted by atomic mass is 10.3. The Bertz CT molecular complexity index is 209. The van der Waals surface area contributed by atoms with Crippen molar-refractivity contribution >= 4 is 5.97 Å². The largest absolute Gasteiger partial charge is 0.480 e. The van der Waals surface area contributed by atoms with E-state index in [9.17, 15) is 4.79 Å². The number of carbonyl (C=O) groups is 1. The molecule has 0 amide bonds. The van der Waals surface area contributed by atoms with Crippen LogP contribution in [0.5, 0.6) is 0 Å². The van der Waals surface area contributed by atoms with E-state index in [0.29, 0.717) is 6.54 Å². The third-order valence-corrected chi connectivity index (χ3v) is 1.75. The molecular formula is C10H18N2O2. The predicted octanol–water partition coefficient (Wildman–Crippen LogP) is -0.0421. The van der Waals surface area contributed by atoms with Crippen LogP contribution in [0.4, 0.5) is 0 Å². The summed E-state index contributed by atoms with van der Waals surface area (Å²) >= 11 is 0. The molecule has 0 aromatic carbocycles. The molecule has 4 nitrogen and oxygen atoms in total. The zero-order chi connectivity index (χ0) is 11.0. The van der Waals surface area contributed by atoms with Crippen molar-refractivity contribution in [2.75, 3.05) is 40.3 Å². The van der Waals surface area contributed by atoms with E-state index >= 15 is 0 Å². The summed E-state index contributed by atoms with van der Waals surface area (Å²) in [4.78, 5) is 14.3. The van der Waals surface area contributed by atoms with E-state index < -0.39 is 5.97 Å². The Balaban J connectivity index is 3.74. The van der Waals surface area contributed by atoms with Crippen LogP contribution >= 0.6 is 0 Å². The van der Waals surface area contributed by atoms with Crippen molar-refractivity contribution in [2.24, 2.45) is 0 Å². The number of hydrogen-bond acceptors (Lipinski definition) is 3. The maximum Gasteiger partial charge on any atom is 0.317 e. The van der Waals surface area contributed by atoms with Crippen LogP contribution in [-0.4, -0.2) is 61.2 Å². The smallest absolute Gasteiger partial charge is 0.317 e. The van der Waals surface area contributed by atoms with Crippen molar-refractivity contribution in [3.63, 3.8) is 0 Å². The van der Waals surface area contributed by atoms with Crippen molar-refractivity contribution in [3.8, 4) is 12.3 Å². The van der Waals surface area contributed by atoms with Gasteiger partial charge in [-0.05, 0) is 27.1 Å². The van der Waals surface area contributed by atoms with Crippen LogP contribution in [0.2, 0.25) is 0 Å². The lowest BCUT2D eigenvalue weighted by molar-refractivity contribution is -0.138. The molecule has 0 heterocycles. The first kappa shape index (κ1) is 12.9. The zero-order valence-corrected chi connectivity index (χ0v) is 8.86. The van der Waals surface area contributed by atoms with E-state index in [1.165, 1.54) is 0 Å². The first-order valence-corrected chi connectivity index (χ1v) is 4.58. The molecule has 0 saturated carbocycles. The molecule has 0 aliphatic rings. The van der Waals surface area contributed by atoms with Gasteiger partial charge in [0, 0.05) is 6.54 Å². The Labute approximate surface area is 85.5 Å². The number of terminal acetylenes is 1. The van der Waals surface area contributed by atoms with Gasteiger partial charge in [-0.2, -0.15) is 0 Å². The van der Waals surface area contributed by atoms with Gasteiger partial charge < -0.3 is 10.0 Å². The van der Waals surface area contributed by atoms with Gasteiger partial charge in [-0.3, -0.25) is 9.69 Å². The van der Waals surface area contributed by atoms with Crippen molar-refractivity contribution in [2.45, 2.75) is 6.42 Å². The van der Waals surface area contributed by atoms with Gasteiger partial charge in [-0.25, -0.2) is 0 Å². The molecule has 1 N–H and O–H groups in total. The second kappa shape index (κ2) is 7.36. The van der Waals surface area contributed by atoms with Crippen LogP contribution in [0.15, 0.2) is 0 Å². The van der Waals surface area contributed by atoms with Gasteiger partial charge in [0.1, 0.15) is 0 Å². The highest BCUT2D eigenvalue weighted by atomic mass is 16.4. The van der Waals surface area contributed by atoms with Crippen LogP contribution in [0.25, 0.3) is 0 Å². The van der Waals surface area contributed by atoms with Gasteiger partial charge in [0.15, 0.2) is 0 Å². The van der Waals surface area contributed by atoms with E-state index in [0.717, 1.165) is 19.5 Å². The number of aliphatic carboxylic acids is 1. The molecule has 80 valence electrons. The minimum atomic E-state index is -0.829. The Morgan fingerprint density at radius 3 is 2.50 bits per heavy atom. The highest BCUT2D eigenvalue weighted by Crippen LogP contribution is 1.92. The van der Waals surface area contributed by atoms with Crippen LogP contribution in [0.1, 0.15) is 6.42 Å². The molecule has 0 fully saturated rings. The van der Waals surface area contributed by atoms with Crippen LogP contribution < -0.4 is 0 Å². The SMILES string of the molecule is C#CCN(CCCN(C)C)CC(=O)O. The van der Waals surface area contributed by atoms with Crippen molar-refractivity contribution in [1.29, 1.82) is 0 Å². The standard InChI is InChI=1S/C10H18N2O2/c1-4-6-12(9-10(13)14)8-5-7-11(2)3/h1H,5-9H2,2-3H3,(H,13,14). The molecule has 0 aromatic rings. The highest BCUT2D eigenvalue weighted by molar-refractivity contribution is 5.69. The molecule has 0 radical (unpaired) electrons. The number of carboxylic acid groups (broad SMARTS) is 1. The summed E-state index contributed by atoms with van der Waals surface area (Å²) in [5.41, 5.74) is 0. The van der Waals surface area contributed by atoms with Gasteiger partial charge in [0.05, 0.1) is 13.1 Å². The van der Waals surface area contributed by atoms with Gasteiger partial charge in [-0.1, -0.05) is 5.92 Å². The molecule has 0 saturated heterocycles. The summed E-state index contributed by atoms with van der Waals surface area (Å²) in [5, 5.41) is 8.60. The lowest BCUT2D eigenvalue weighted by Gasteiger charge is -2.18. The van der Waals surface area contributed by atoms with Crippen molar-refractivity contribution in [1.82, 2.24) is 9.80 Å². The Morgan fingerprint density at radius 2 is 2.07 bits per heavy atom. The van der Waals surface area contributed by atoms with E-state index in [2.05, 4.69) is 10.8 Å². The lowest BCUT2D eigenvalue weighted by Crippen LogP contribution is -2.32.